The molecule has 1 N–H and O–H groups in total. The molecule has 0 saturated carbocycles. The van der Waals surface area contributed by atoms with E-state index in [1.807, 2.05) is 24.3 Å². The zero-order valence-electron chi connectivity index (χ0n) is 12.6. The molecular formula is C16H13BrClN5O. The summed E-state index contributed by atoms with van der Waals surface area (Å²) in [5.41, 5.74) is 1.44. The van der Waals surface area contributed by atoms with Crippen molar-refractivity contribution in [2.75, 3.05) is 5.32 Å². The summed E-state index contributed by atoms with van der Waals surface area (Å²) in [6.07, 6.45) is 0. The summed E-state index contributed by atoms with van der Waals surface area (Å²) in [7, 11) is 0. The number of benzene rings is 2. The molecule has 3 rings (SSSR count). The third-order valence-electron chi connectivity index (χ3n) is 3.35. The smallest absolute Gasteiger partial charge is 0.250 e. The van der Waals surface area contributed by atoms with E-state index in [2.05, 4.69) is 36.7 Å². The van der Waals surface area contributed by atoms with Crippen molar-refractivity contribution in [2.24, 2.45) is 0 Å². The Bertz CT molecular complexity index is 865. The topological polar surface area (TPSA) is 72.7 Å². The van der Waals surface area contributed by atoms with Gasteiger partial charge in [0, 0.05) is 20.7 Å². The largest absolute Gasteiger partial charge is 0.324 e. The lowest BCUT2D eigenvalue weighted by atomic mass is 10.2. The summed E-state index contributed by atoms with van der Waals surface area (Å²) >= 11 is 9.32. The maximum Gasteiger partial charge on any atom is 0.250 e. The Hall–Kier alpha value is -2.25. The van der Waals surface area contributed by atoms with Crippen molar-refractivity contribution in [1.29, 1.82) is 0 Å². The van der Waals surface area contributed by atoms with Crippen molar-refractivity contribution >= 4 is 39.1 Å². The minimum Gasteiger partial charge on any atom is -0.324 e. The van der Waals surface area contributed by atoms with Crippen LogP contribution in [0.5, 0.6) is 0 Å². The molecular weight excluding hydrogens is 394 g/mol. The first kappa shape index (κ1) is 16.6. The average molecular weight is 407 g/mol. The molecule has 0 unspecified atom stereocenters. The monoisotopic (exact) mass is 405 g/mol. The van der Waals surface area contributed by atoms with Crippen molar-refractivity contribution in [3.8, 4) is 11.4 Å². The number of nitrogens with one attached hydrogen (secondary N) is 1. The van der Waals surface area contributed by atoms with Crippen LogP contribution < -0.4 is 5.32 Å². The van der Waals surface area contributed by atoms with E-state index in [4.69, 9.17) is 11.6 Å². The Labute approximate surface area is 152 Å². The molecule has 2 aromatic carbocycles. The first-order chi connectivity index (χ1) is 11.5. The molecule has 1 atom stereocenters. The third-order valence-corrected chi connectivity index (χ3v) is 4.11. The average Bonchev–Trinajstić information content (AvgIpc) is 3.06. The van der Waals surface area contributed by atoms with Crippen molar-refractivity contribution < 1.29 is 4.79 Å². The lowest BCUT2D eigenvalue weighted by molar-refractivity contribution is -0.119. The standard InChI is InChI=1S/C16H13BrClN5O/c1-10(16(24)19-14-7-5-12(17)6-8-14)23-21-15(20-22-23)11-3-2-4-13(18)9-11/h2-10H,1H3,(H,19,24)/t10-/m0/s1. The number of hydrogen-bond donors (Lipinski definition) is 1. The van der Waals surface area contributed by atoms with E-state index < -0.39 is 6.04 Å². The molecule has 0 spiro atoms. The van der Waals surface area contributed by atoms with Crippen LogP contribution in [0.3, 0.4) is 0 Å². The zero-order valence-corrected chi connectivity index (χ0v) is 15.0. The van der Waals surface area contributed by atoms with Crippen molar-refractivity contribution in [1.82, 2.24) is 20.2 Å². The summed E-state index contributed by atoms with van der Waals surface area (Å²) < 4.78 is 0.942. The number of anilines is 1. The van der Waals surface area contributed by atoms with Gasteiger partial charge < -0.3 is 5.32 Å². The molecule has 0 aliphatic carbocycles. The van der Waals surface area contributed by atoms with Crippen LogP contribution in [0.2, 0.25) is 5.02 Å². The van der Waals surface area contributed by atoms with Gasteiger partial charge in [0.2, 0.25) is 5.82 Å². The fourth-order valence-corrected chi connectivity index (χ4v) is 2.47. The number of nitrogens with zero attached hydrogens (tertiary/aromatic N) is 4. The van der Waals surface area contributed by atoms with Gasteiger partial charge in [-0.2, -0.15) is 4.80 Å². The molecule has 8 heteroatoms. The molecule has 122 valence electrons. The summed E-state index contributed by atoms with van der Waals surface area (Å²) in [5, 5.41) is 15.6. The first-order valence-electron chi connectivity index (χ1n) is 7.15. The highest BCUT2D eigenvalue weighted by atomic mass is 79.9. The lowest BCUT2D eigenvalue weighted by Crippen LogP contribution is -2.25. The van der Waals surface area contributed by atoms with E-state index in [0.29, 0.717) is 16.5 Å². The number of carbonyl (C=O) groups is 1. The molecule has 0 aliphatic heterocycles. The van der Waals surface area contributed by atoms with Gasteiger partial charge in [-0.05, 0) is 48.5 Å². The predicted molar refractivity (Wildman–Crippen MR) is 95.7 cm³/mol. The summed E-state index contributed by atoms with van der Waals surface area (Å²) in [6.45, 7) is 1.71. The summed E-state index contributed by atoms with van der Waals surface area (Å²) in [4.78, 5) is 13.6. The van der Waals surface area contributed by atoms with E-state index in [0.717, 1.165) is 10.0 Å². The minimum absolute atomic E-state index is 0.229. The highest BCUT2D eigenvalue weighted by Crippen LogP contribution is 2.20. The Morgan fingerprint density at radius 3 is 2.71 bits per heavy atom. The van der Waals surface area contributed by atoms with Gasteiger partial charge in [0.1, 0.15) is 6.04 Å². The van der Waals surface area contributed by atoms with Crippen LogP contribution >= 0.6 is 27.5 Å². The molecule has 0 radical (unpaired) electrons. The number of rotatable bonds is 4. The normalized spacial score (nSPS) is 12.0. The van der Waals surface area contributed by atoms with Crippen LogP contribution in [0.15, 0.2) is 53.0 Å². The Balaban J connectivity index is 1.74. The summed E-state index contributed by atoms with van der Waals surface area (Å²) in [5.74, 6) is 0.188. The predicted octanol–water partition coefficient (Wildman–Crippen LogP) is 3.96. The fourth-order valence-electron chi connectivity index (χ4n) is 2.02. The van der Waals surface area contributed by atoms with Gasteiger partial charge in [0.25, 0.3) is 5.91 Å². The van der Waals surface area contributed by atoms with E-state index >= 15 is 0 Å². The molecule has 24 heavy (non-hydrogen) atoms. The SMILES string of the molecule is C[C@@H](C(=O)Nc1ccc(Br)cc1)n1nnc(-c2cccc(Cl)c2)n1. The van der Waals surface area contributed by atoms with Gasteiger partial charge >= 0.3 is 0 Å². The number of aromatic nitrogens is 4. The van der Waals surface area contributed by atoms with Gasteiger partial charge in [-0.25, -0.2) is 0 Å². The van der Waals surface area contributed by atoms with Crippen LogP contribution in [-0.2, 0) is 4.79 Å². The van der Waals surface area contributed by atoms with E-state index in [9.17, 15) is 4.79 Å². The molecule has 0 bridgehead atoms. The third kappa shape index (κ3) is 3.80. The van der Waals surface area contributed by atoms with Crippen molar-refractivity contribution in [2.45, 2.75) is 13.0 Å². The Kier molecular flexibility index (Phi) is 4.92. The molecule has 6 nitrogen and oxygen atoms in total. The van der Waals surface area contributed by atoms with Gasteiger partial charge in [-0.1, -0.05) is 39.7 Å². The van der Waals surface area contributed by atoms with Crippen LogP contribution in [0.25, 0.3) is 11.4 Å². The molecule has 1 amide bonds. The van der Waals surface area contributed by atoms with Crippen LogP contribution in [0.1, 0.15) is 13.0 Å². The Morgan fingerprint density at radius 2 is 2.00 bits per heavy atom. The van der Waals surface area contributed by atoms with Gasteiger partial charge in [0.05, 0.1) is 0 Å². The van der Waals surface area contributed by atoms with E-state index in [-0.39, 0.29) is 5.91 Å². The highest BCUT2D eigenvalue weighted by molar-refractivity contribution is 9.10. The molecule has 1 aromatic heterocycles. The maximum atomic E-state index is 12.3. The highest BCUT2D eigenvalue weighted by Gasteiger charge is 2.19. The maximum absolute atomic E-state index is 12.3. The van der Waals surface area contributed by atoms with Gasteiger partial charge in [-0.15, -0.1) is 10.2 Å². The van der Waals surface area contributed by atoms with E-state index in [1.165, 1.54) is 4.80 Å². The number of tetrazole rings is 1. The first-order valence-corrected chi connectivity index (χ1v) is 8.32. The second-order valence-corrected chi connectivity index (χ2v) is 6.47. The number of amides is 1. The second-order valence-electron chi connectivity index (χ2n) is 5.12. The Morgan fingerprint density at radius 1 is 1.25 bits per heavy atom. The molecule has 3 aromatic rings. The lowest BCUT2D eigenvalue weighted by Gasteiger charge is -2.10. The molecule has 0 saturated heterocycles. The fraction of sp³-hybridized carbons (Fsp3) is 0.125. The van der Waals surface area contributed by atoms with Crippen LogP contribution in [0, 0.1) is 0 Å². The molecule has 0 fully saturated rings. The minimum atomic E-state index is -0.603. The van der Waals surface area contributed by atoms with Crippen molar-refractivity contribution in [3.05, 3.63) is 58.0 Å². The number of hydrogen-bond acceptors (Lipinski definition) is 4. The number of halogens is 2. The molecule has 0 aliphatic rings. The van der Waals surface area contributed by atoms with Crippen molar-refractivity contribution in [3.63, 3.8) is 0 Å². The summed E-state index contributed by atoms with van der Waals surface area (Å²) in [6, 6.07) is 13.9. The number of carbonyl (C=O) groups excluding carboxylic acids is 1. The quantitative estimate of drug-likeness (QED) is 0.712. The van der Waals surface area contributed by atoms with E-state index in [1.54, 1.807) is 31.2 Å². The van der Waals surface area contributed by atoms with Crippen LogP contribution in [-0.4, -0.2) is 26.1 Å². The zero-order chi connectivity index (χ0) is 17.1. The second kappa shape index (κ2) is 7.11. The van der Waals surface area contributed by atoms with Crippen LogP contribution in [0.4, 0.5) is 5.69 Å². The molecule has 1 heterocycles. The van der Waals surface area contributed by atoms with Gasteiger partial charge in [0.15, 0.2) is 0 Å². The van der Waals surface area contributed by atoms with Gasteiger partial charge in [-0.3, -0.25) is 4.79 Å².